The monoisotopic (exact) mass is 402 g/mol. The summed E-state index contributed by atoms with van der Waals surface area (Å²) in [5, 5.41) is 18.7. The number of allylic oxidation sites excluding steroid dienone is 1. The van der Waals surface area contributed by atoms with Crippen molar-refractivity contribution in [2.75, 3.05) is 46.2 Å². The van der Waals surface area contributed by atoms with E-state index in [1.807, 2.05) is 0 Å². The molecule has 8 heteroatoms. The zero-order chi connectivity index (χ0) is 21.4. The molecule has 8 nitrogen and oxygen atoms in total. The Labute approximate surface area is 167 Å². The summed E-state index contributed by atoms with van der Waals surface area (Å²) in [7, 11) is 0. The van der Waals surface area contributed by atoms with Crippen LogP contribution in [0.4, 0.5) is 0 Å². The fraction of sp³-hybridized carbons (Fsp3) is 0.700. The average Bonchev–Trinajstić information content (AvgIpc) is 2.70. The van der Waals surface area contributed by atoms with Crippen LogP contribution in [0.1, 0.15) is 40.5 Å². The lowest BCUT2D eigenvalue weighted by molar-refractivity contribution is -0.142. The predicted octanol–water partition coefficient (Wildman–Crippen LogP) is 1.54. The van der Waals surface area contributed by atoms with Crippen LogP contribution in [0.25, 0.3) is 0 Å². The molecule has 0 saturated heterocycles. The van der Waals surface area contributed by atoms with Crippen LogP contribution >= 0.6 is 0 Å². The van der Waals surface area contributed by atoms with Gasteiger partial charge in [-0.1, -0.05) is 6.08 Å². The van der Waals surface area contributed by atoms with E-state index in [0.717, 1.165) is 0 Å². The summed E-state index contributed by atoms with van der Waals surface area (Å²) in [4.78, 5) is 23.3. The zero-order valence-electron chi connectivity index (χ0n) is 17.4. The molecule has 0 radical (unpaired) electrons. The van der Waals surface area contributed by atoms with Crippen molar-refractivity contribution in [1.82, 2.24) is 0 Å². The molecule has 0 rings (SSSR count). The maximum atomic E-state index is 11.9. The first-order valence-corrected chi connectivity index (χ1v) is 9.44. The molecule has 162 valence electrons. The predicted molar refractivity (Wildman–Crippen MR) is 104 cm³/mol. The van der Waals surface area contributed by atoms with Crippen molar-refractivity contribution in [1.29, 1.82) is 0 Å². The summed E-state index contributed by atoms with van der Waals surface area (Å²) in [5.41, 5.74) is 1.45. The van der Waals surface area contributed by atoms with E-state index in [0.29, 0.717) is 42.8 Å². The van der Waals surface area contributed by atoms with Crippen molar-refractivity contribution < 1.29 is 38.7 Å². The number of carbonyl (C=O) groups excluding carboxylic acids is 2. The van der Waals surface area contributed by atoms with Gasteiger partial charge < -0.3 is 29.2 Å². The molecule has 2 N–H and O–H groups in total. The van der Waals surface area contributed by atoms with Gasteiger partial charge in [0.2, 0.25) is 0 Å². The summed E-state index contributed by atoms with van der Waals surface area (Å²) in [6.07, 6.45) is 1.77. The highest BCUT2D eigenvalue weighted by Crippen LogP contribution is 2.14. The number of rotatable bonds is 15. The van der Waals surface area contributed by atoms with E-state index >= 15 is 0 Å². The Balaban J connectivity index is 3.77. The van der Waals surface area contributed by atoms with E-state index < -0.39 is 12.1 Å². The van der Waals surface area contributed by atoms with Gasteiger partial charge in [-0.25, -0.2) is 9.59 Å². The molecule has 28 heavy (non-hydrogen) atoms. The van der Waals surface area contributed by atoms with Gasteiger partial charge in [0.05, 0.1) is 32.5 Å². The number of aliphatic hydroxyl groups is 2. The molecule has 0 aromatic rings. The first-order valence-electron chi connectivity index (χ1n) is 9.44. The van der Waals surface area contributed by atoms with Crippen molar-refractivity contribution in [3.05, 3.63) is 22.8 Å². The van der Waals surface area contributed by atoms with E-state index in [1.54, 1.807) is 33.8 Å². The van der Waals surface area contributed by atoms with Gasteiger partial charge >= 0.3 is 11.9 Å². The Morgan fingerprint density at radius 1 is 0.893 bits per heavy atom. The van der Waals surface area contributed by atoms with E-state index in [2.05, 4.69) is 0 Å². The molecule has 1 atom stereocenters. The summed E-state index contributed by atoms with van der Waals surface area (Å²) in [6, 6.07) is 0. The largest absolute Gasteiger partial charge is 0.460 e. The molecule has 0 amide bonds. The maximum absolute atomic E-state index is 11.9. The average molecular weight is 402 g/mol. The molecule has 0 aliphatic carbocycles. The van der Waals surface area contributed by atoms with Crippen LogP contribution in [-0.4, -0.2) is 74.5 Å². The van der Waals surface area contributed by atoms with Crippen molar-refractivity contribution >= 4 is 11.9 Å². The fourth-order valence-electron chi connectivity index (χ4n) is 1.96. The number of ether oxygens (including phenoxy) is 4. The molecule has 0 aromatic carbocycles. The van der Waals surface area contributed by atoms with Crippen molar-refractivity contribution in [3.63, 3.8) is 0 Å². The van der Waals surface area contributed by atoms with Crippen molar-refractivity contribution in [3.8, 4) is 0 Å². The van der Waals surface area contributed by atoms with Crippen LogP contribution in [0.2, 0.25) is 0 Å². The molecule has 0 aromatic heterocycles. The third-order valence-electron chi connectivity index (χ3n) is 4.08. The fourth-order valence-corrected chi connectivity index (χ4v) is 1.96. The second kappa shape index (κ2) is 16.2. The molecule has 0 fully saturated rings. The van der Waals surface area contributed by atoms with Crippen LogP contribution in [0.15, 0.2) is 22.8 Å². The lowest BCUT2D eigenvalue weighted by Gasteiger charge is -2.14. The van der Waals surface area contributed by atoms with Gasteiger partial charge in [-0.3, -0.25) is 0 Å². The highest BCUT2D eigenvalue weighted by Gasteiger charge is 2.15. The molecular weight excluding hydrogens is 368 g/mol. The Morgan fingerprint density at radius 2 is 1.39 bits per heavy atom. The van der Waals surface area contributed by atoms with E-state index in [4.69, 9.17) is 24.1 Å². The van der Waals surface area contributed by atoms with Gasteiger partial charge in [-0.05, 0) is 46.1 Å². The highest BCUT2D eigenvalue weighted by molar-refractivity contribution is 5.88. The Kier molecular flexibility index (Phi) is 15.2. The minimum atomic E-state index is -0.769. The first-order chi connectivity index (χ1) is 13.3. The number of carbonyl (C=O) groups is 2. The van der Waals surface area contributed by atoms with Crippen LogP contribution in [0.3, 0.4) is 0 Å². The summed E-state index contributed by atoms with van der Waals surface area (Å²) < 4.78 is 20.6. The second-order valence-electron chi connectivity index (χ2n) is 6.16. The number of esters is 2. The van der Waals surface area contributed by atoms with Crippen molar-refractivity contribution in [2.24, 2.45) is 0 Å². The minimum absolute atomic E-state index is 0.00406. The van der Waals surface area contributed by atoms with E-state index in [1.165, 1.54) is 0 Å². The Hall–Kier alpha value is -1.74. The normalized spacial score (nSPS) is 13.7. The van der Waals surface area contributed by atoms with Gasteiger partial charge in [0.25, 0.3) is 0 Å². The van der Waals surface area contributed by atoms with Crippen LogP contribution < -0.4 is 0 Å². The standard InChI is InChI=1S/C20H34O8/c1-5-15(2)19(23)27-13-11-25-9-10-26-12-14-28-20(24)17(4)16(3)18(22)7-6-8-21/h5,18,21-22H,6-14H2,1-4H3. The van der Waals surface area contributed by atoms with Gasteiger partial charge in [-0.2, -0.15) is 0 Å². The smallest absolute Gasteiger partial charge is 0.333 e. The zero-order valence-corrected chi connectivity index (χ0v) is 17.4. The molecule has 1 unspecified atom stereocenters. The molecule has 0 saturated carbocycles. The highest BCUT2D eigenvalue weighted by atomic mass is 16.6. The third kappa shape index (κ3) is 11.9. The maximum Gasteiger partial charge on any atom is 0.333 e. The molecule has 0 aliphatic rings. The SMILES string of the molecule is CC=C(C)C(=O)OCCOCCOCCOC(=O)C(C)=C(C)C(O)CCCO. The lowest BCUT2D eigenvalue weighted by atomic mass is 10.0. The van der Waals surface area contributed by atoms with Crippen molar-refractivity contribution in [2.45, 2.75) is 46.6 Å². The van der Waals surface area contributed by atoms with Crippen LogP contribution in [0.5, 0.6) is 0 Å². The Bertz CT molecular complexity index is 524. The van der Waals surface area contributed by atoms with Gasteiger partial charge in [0.15, 0.2) is 0 Å². The molecule has 0 spiro atoms. The number of hydrogen-bond acceptors (Lipinski definition) is 8. The molecule has 0 aliphatic heterocycles. The lowest BCUT2D eigenvalue weighted by Crippen LogP contribution is -2.18. The Morgan fingerprint density at radius 3 is 1.89 bits per heavy atom. The summed E-state index contributed by atoms with van der Waals surface area (Å²) >= 11 is 0. The van der Waals surface area contributed by atoms with Gasteiger partial charge in [-0.15, -0.1) is 0 Å². The van der Waals surface area contributed by atoms with E-state index in [9.17, 15) is 14.7 Å². The second-order valence-corrected chi connectivity index (χ2v) is 6.16. The summed E-state index contributed by atoms with van der Waals surface area (Å²) in [5.74, 6) is -0.858. The molecule has 0 heterocycles. The summed E-state index contributed by atoms with van der Waals surface area (Å²) in [6.45, 7) is 8.15. The van der Waals surface area contributed by atoms with E-state index in [-0.39, 0.29) is 39.0 Å². The third-order valence-corrected chi connectivity index (χ3v) is 4.08. The topological polar surface area (TPSA) is 112 Å². The quantitative estimate of drug-likeness (QED) is 0.241. The van der Waals surface area contributed by atoms with Gasteiger partial charge in [0, 0.05) is 17.8 Å². The molecular formula is C20H34O8. The van der Waals surface area contributed by atoms with Crippen LogP contribution in [-0.2, 0) is 28.5 Å². The minimum Gasteiger partial charge on any atom is -0.460 e. The molecule has 0 bridgehead atoms. The van der Waals surface area contributed by atoms with Gasteiger partial charge in [0.1, 0.15) is 13.2 Å². The number of hydrogen-bond donors (Lipinski definition) is 2. The number of aliphatic hydroxyl groups excluding tert-OH is 2. The van der Waals surface area contributed by atoms with Crippen LogP contribution in [0, 0.1) is 0 Å². The first kappa shape index (κ1) is 26.3.